The maximum Gasteiger partial charge on any atom is 0.323 e. The molecule has 19 heavy (non-hydrogen) atoms. The van der Waals surface area contributed by atoms with Crippen LogP contribution >= 0.6 is 11.3 Å². The molecule has 7 nitrogen and oxygen atoms in total. The lowest BCUT2D eigenvalue weighted by Crippen LogP contribution is -2.43. The number of amides is 1. The summed E-state index contributed by atoms with van der Waals surface area (Å²) in [5.41, 5.74) is 1.47. The largest absolute Gasteiger partial charge is 0.480 e. The number of hydrogen-bond acceptors (Lipinski definition) is 6. The zero-order valence-corrected chi connectivity index (χ0v) is 11.5. The average molecular weight is 304 g/mol. The Morgan fingerprint density at radius 2 is 2.26 bits per heavy atom. The van der Waals surface area contributed by atoms with E-state index in [4.69, 9.17) is 5.11 Å². The van der Waals surface area contributed by atoms with Crippen LogP contribution in [0.4, 0.5) is 0 Å². The summed E-state index contributed by atoms with van der Waals surface area (Å²) in [5, 5.41) is 8.87. The van der Waals surface area contributed by atoms with Gasteiger partial charge in [0.1, 0.15) is 11.4 Å². The third-order valence-electron chi connectivity index (χ3n) is 2.86. The van der Waals surface area contributed by atoms with Gasteiger partial charge in [-0.1, -0.05) is 0 Å². The molecule has 0 aromatic carbocycles. The van der Waals surface area contributed by atoms with Crippen molar-refractivity contribution >= 4 is 33.1 Å². The van der Waals surface area contributed by atoms with Gasteiger partial charge in [-0.25, -0.2) is 8.42 Å². The summed E-state index contributed by atoms with van der Waals surface area (Å²) >= 11 is 1.10. The van der Waals surface area contributed by atoms with Crippen LogP contribution in [0.1, 0.15) is 16.1 Å². The van der Waals surface area contributed by atoms with Crippen molar-refractivity contribution in [3.63, 3.8) is 0 Å². The van der Waals surface area contributed by atoms with E-state index in [0.29, 0.717) is 4.88 Å². The molecular formula is C10H12N2O5S2. The van der Waals surface area contributed by atoms with Crippen LogP contribution in [-0.4, -0.2) is 59.4 Å². The Balaban J connectivity index is 2.21. The fraction of sp³-hybridized carbons (Fsp3) is 0.500. The Labute approximate surface area is 113 Å². The van der Waals surface area contributed by atoms with Gasteiger partial charge in [0.25, 0.3) is 5.91 Å². The van der Waals surface area contributed by atoms with E-state index in [0.717, 1.165) is 16.2 Å². The molecule has 1 atom stereocenters. The molecule has 0 bridgehead atoms. The van der Waals surface area contributed by atoms with E-state index in [-0.39, 0.29) is 17.9 Å². The number of hydrogen-bond donors (Lipinski definition) is 1. The first kappa shape index (κ1) is 13.9. The van der Waals surface area contributed by atoms with Gasteiger partial charge < -0.3 is 10.0 Å². The molecule has 1 aromatic rings. The number of carbonyl (C=O) groups is 2. The monoisotopic (exact) mass is 304 g/mol. The lowest BCUT2D eigenvalue weighted by atomic mass is 10.2. The SMILES string of the molecule is O=C(O)CN(C(=O)c1cncs1)C1CCS(=O)(=O)C1. The standard InChI is InChI=1S/C10H12N2O5S2/c13-9(14)4-12(7-1-2-19(16,17)5-7)10(15)8-3-11-6-18-8/h3,6-7H,1-2,4-5H2,(H,13,14). The molecule has 0 radical (unpaired) electrons. The number of aromatic nitrogens is 1. The van der Waals surface area contributed by atoms with E-state index in [1.807, 2.05) is 0 Å². The van der Waals surface area contributed by atoms with E-state index in [1.54, 1.807) is 0 Å². The number of sulfone groups is 1. The maximum absolute atomic E-state index is 12.2. The zero-order chi connectivity index (χ0) is 14.0. The zero-order valence-electron chi connectivity index (χ0n) is 9.85. The van der Waals surface area contributed by atoms with Gasteiger partial charge in [0.2, 0.25) is 0 Å². The second kappa shape index (κ2) is 5.25. The molecule has 2 rings (SSSR count). The second-order valence-electron chi connectivity index (χ2n) is 4.25. The molecule has 1 saturated heterocycles. The topological polar surface area (TPSA) is 105 Å². The summed E-state index contributed by atoms with van der Waals surface area (Å²) in [7, 11) is -3.18. The molecule has 9 heteroatoms. The van der Waals surface area contributed by atoms with E-state index >= 15 is 0 Å². The smallest absolute Gasteiger partial charge is 0.323 e. The highest BCUT2D eigenvalue weighted by atomic mass is 32.2. The summed E-state index contributed by atoms with van der Waals surface area (Å²) < 4.78 is 22.9. The summed E-state index contributed by atoms with van der Waals surface area (Å²) in [4.78, 5) is 28.2. The summed E-state index contributed by atoms with van der Waals surface area (Å²) in [5.74, 6) is -1.83. The number of nitrogens with zero attached hydrogens (tertiary/aromatic N) is 2. The fourth-order valence-corrected chi connectivity index (χ4v) is 4.30. The average Bonchev–Trinajstić information content (AvgIpc) is 2.94. The molecule has 104 valence electrons. The summed E-state index contributed by atoms with van der Waals surface area (Å²) in [6.45, 7) is -0.503. The number of rotatable bonds is 4. The highest BCUT2D eigenvalue weighted by Gasteiger charge is 2.36. The third kappa shape index (κ3) is 3.29. The van der Waals surface area contributed by atoms with Crippen molar-refractivity contribution in [1.82, 2.24) is 9.88 Å². The molecule has 1 amide bonds. The minimum atomic E-state index is -3.18. The van der Waals surface area contributed by atoms with E-state index in [9.17, 15) is 18.0 Å². The highest BCUT2D eigenvalue weighted by molar-refractivity contribution is 7.91. The van der Waals surface area contributed by atoms with Crippen molar-refractivity contribution in [3.05, 3.63) is 16.6 Å². The van der Waals surface area contributed by atoms with Gasteiger partial charge in [0, 0.05) is 6.04 Å². The fourth-order valence-electron chi connectivity index (χ4n) is 2.00. The number of carboxylic acid groups (broad SMARTS) is 1. The maximum atomic E-state index is 12.2. The van der Waals surface area contributed by atoms with Gasteiger partial charge >= 0.3 is 5.97 Å². The Morgan fingerprint density at radius 3 is 2.74 bits per heavy atom. The van der Waals surface area contributed by atoms with Gasteiger partial charge in [0.05, 0.1) is 23.2 Å². The van der Waals surface area contributed by atoms with Crippen LogP contribution in [0, 0.1) is 0 Å². The first-order valence-electron chi connectivity index (χ1n) is 5.51. The number of carboxylic acids is 1. The Kier molecular flexibility index (Phi) is 3.85. The first-order chi connectivity index (χ1) is 8.89. The van der Waals surface area contributed by atoms with Crippen LogP contribution in [0.3, 0.4) is 0 Å². The number of thiazole rings is 1. The molecule has 1 N–H and O–H groups in total. The van der Waals surface area contributed by atoms with Crippen LogP contribution < -0.4 is 0 Å². The Hall–Kier alpha value is -1.48. The van der Waals surface area contributed by atoms with E-state index in [1.165, 1.54) is 11.7 Å². The molecule has 1 aliphatic rings. The number of carbonyl (C=O) groups excluding carboxylic acids is 1. The molecule has 2 heterocycles. The van der Waals surface area contributed by atoms with Gasteiger partial charge in [-0.3, -0.25) is 14.6 Å². The summed E-state index contributed by atoms with van der Waals surface area (Å²) in [6, 6.07) is -0.573. The Bertz CT molecular complexity index is 581. The molecule has 1 aliphatic heterocycles. The quantitative estimate of drug-likeness (QED) is 0.830. The summed E-state index contributed by atoms with van der Waals surface area (Å²) in [6.07, 6.45) is 1.63. The molecule has 1 aromatic heterocycles. The van der Waals surface area contributed by atoms with Crippen molar-refractivity contribution in [3.8, 4) is 0 Å². The Morgan fingerprint density at radius 1 is 1.53 bits per heavy atom. The first-order valence-corrected chi connectivity index (χ1v) is 8.21. The van der Waals surface area contributed by atoms with Crippen LogP contribution in [0.25, 0.3) is 0 Å². The molecule has 0 aliphatic carbocycles. The van der Waals surface area contributed by atoms with Crippen molar-refractivity contribution in [1.29, 1.82) is 0 Å². The highest BCUT2D eigenvalue weighted by Crippen LogP contribution is 2.21. The predicted molar refractivity (Wildman–Crippen MR) is 67.8 cm³/mol. The van der Waals surface area contributed by atoms with Crippen LogP contribution in [-0.2, 0) is 14.6 Å². The van der Waals surface area contributed by atoms with Gasteiger partial charge in [-0.15, -0.1) is 11.3 Å². The predicted octanol–water partition coefficient (Wildman–Crippen LogP) is -0.143. The minimum absolute atomic E-state index is 0.0102. The van der Waals surface area contributed by atoms with E-state index < -0.39 is 34.3 Å². The molecule has 1 unspecified atom stereocenters. The lowest BCUT2D eigenvalue weighted by molar-refractivity contribution is -0.138. The van der Waals surface area contributed by atoms with Crippen LogP contribution in [0.15, 0.2) is 11.7 Å². The van der Waals surface area contributed by atoms with E-state index in [2.05, 4.69) is 4.98 Å². The van der Waals surface area contributed by atoms with Gasteiger partial charge in [-0.05, 0) is 6.42 Å². The van der Waals surface area contributed by atoms with Crippen molar-refractivity contribution < 1.29 is 23.1 Å². The normalized spacial score (nSPS) is 21.2. The van der Waals surface area contributed by atoms with Gasteiger partial charge in [0.15, 0.2) is 9.84 Å². The minimum Gasteiger partial charge on any atom is -0.480 e. The molecular weight excluding hydrogens is 292 g/mol. The molecule has 1 fully saturated rings. The molecule has 0 saturated carbocycles. The molecule has 0 spiro atoms. The number of aliphatic carboxylic acids is 1. The third-order valence-corrected chi connectivity index (χ3v) is 5.37. The van der Waals surface area contributed by atoms with Crippen molar-refractivity contribution in [2.24, 2.45) is 0 Å². The van der Waals surface area contributed by atoms with Crippen LogP contribution in [0.2, 0.25) is 0 Å². The lowest BCUT2D eigenvalue weighted by Gasteiger charge is -2.25. The second-order valence-corrected chi connectivity index (χ2v) is 7.36. The van der Waals surface area contributed by atoms with Crippen molar-refractivity contribution in [2.75, 3.05) is 18.1 Å². The van der Waals surface area contributed by atoms with Crippen LogP contribution in [0.5, 0.6) is 0 Å². The van der Waals surface area contributed by atoms with Crippen molar-refractivity contribution in [2.45, 2.75) is 12.5 Å². The van der Waals surface area contributed by atoms with Gasteiger partial charge in [-0.2, -0.15) is 0 Å².